The fraction of sp³-hybridized carbons (Fsp3) is 0.517. The molecule has 0 bridgehead atoms. The van der Waals surface area contributed by atoms with Gasteiger partial charge in [-0.25, -0.2) is 18.7 Å². The van der Waals surface area contributed by atoms with Crippen molar-refractivity contribution in [2.24, 2.45) is 11.8 Å². The summed E-state index contributed by atoms with van der Waals surface area (Å²) in [7, 11) is 1.51. The lowest BCUT2D eigenvalue weighted by atomic mass is 9.92. The molecule has 14 nitrogen and oxygen atoms in total. The number of aliphatic carboxylic acids is 2. The van der Waals surface area contributed by atoms with Crippen molar-refractivity contribution in [1.29, 1.82) is 0 Å². The summed E-state index contributed by atoms with van der Waals surface area (Å²) in [6.07, 6.45) is 1.67. The van der Waals surface area contributed by atoms with Crippen molar-refractivity contribution in [3.8, 4) is 5.69 Å². The van der Waals surface area contributed by atoms with E-state index < -0.39 is 17.8 Å². The minimum Gasteiger partial charge on any atom is -0.478 e. The molecule has 4 rings (SSSR count). The van der Waals surface area contributed by atoms with Gasteiger partial charge < -0.3 is 34.8 Å². The molecule has 2 fully saturated rings. The fourth-order valence-electron chi connectivity index (χ4n) is 5.01. The number of hydrogen-bond donors (Lipinski definition) is 3. The molecule has 0 spiro atoms. The molecule has 3 heterocycles. The van der Waals surface area contributed by atoms with Gasteiger partial charge in [-0.3, -0.25) is 9.59 Å². The van der Waals surface area contributed by atoms with Crippen LogP contribution in [0.1, 0.15) is 36.5 Å². The van der Waals surface area contributed by atoms with E-state index in [2.05, 4.69) is 15.6 Å². The monoisotopic (exact) mass is 618 g/mol. The molecule has 1 aromatic carbocycles. The van der Waals surface area contributed by atoms with Crippen molar-refractivity contribution in [2.75, 3.05) is 53.0 Å². The van der Waals surface area contributed by atoms with Gasteiger partial charge in [0.2, 0.25) is 5.91 Å². The van der Waals surface area contributed by atoms with Crippen LogP contribution in [-0.4, -0.2) is 118 Å². The highest BCUT2D eigenvalue weighted by atomic mass is 19.1. The summed E-state index contributed by atoms with van der Waals surface area (Å²) in [4.78, 5) is 49.8. The minimum absolute atomic E-state index is 0.0407. The van der Waals surface area contributed by atoms with Gasteiger partial charge in [0.1, 0.15) is 17.2 Å². The highest BCUT2D eigenvalue weighted by Crippen LogP contribution is 2.24. The number of aromatic nitrogens is 3. The Morgan fingerprint density at radius 1 is 1.14 bits per heavy atom. The standard InChI is InChI=1S/C25H35FN6O4.C4H4O4/c1-17(2)15-31(19-12-18(13-27-14-19)24(33)30-8-10-36-11-9-30)25(34)23-22(16-35-3)32(29-28-23)21-7-5-4-6-20(21)26;5-3(6)1-2-4(7)8/h4-7,17-19,27H,8-16H2,1-3H3;1-2H,(H,5,6)(H,7,8)/b;2-1+/t18-,19+;/m1./s1. The van der Waals surface area contributed by atoms with Crippen molar-refractivity contribution in [3.05, 3.63) is 53.6 Å². The second-order valence-electron chi connectivity index (χ2n) is 10.7. The Morgan fingerprint density at radius 2 is 1.80 bits per heavy atom. The molecule has 2 aromatic rings. The number of para-hydroxylation sites is 1. The lowest BCUT2D eigenvalue weighted by molar-refractivity contribution is -0.140. The van der Waals surface area contributed by atoms with Crippen LogP contribution in [0.5, 0.6) is 0 Å². The van der Waals surface area contributed by atoms with Crippen LogP contribution in [0.4, 0.5) is 4.39 Å². The van der Waals surface area contributed by atoms with Crippen LogP contribution in [0.25, 0.3) is 5.69 Å². The van der Waals surface area contributed by atoms with Crippen LogP contribution in [0.3, 0.4) is 0 Å². The first-order valence-corrected chi connectivity index (χ1v) is 14.2. The zero-order valence-electron chi connectivity index (χ0n) is 25.0. The number of methoxy groups -OCH3 is 1. The number of amides is 2. The highest BCUT2D eigenvalue weighted by molar-refractivity contribution is 5.94. The Bertz CT molecular complexity index is 1310. The van der Waals surface area contributed by atoms with E-state index in [9.17, 15) is 23.6 Å². The number of nitrogens with zero attached hydrogens (tertiary/aromatic N) is 5. The Labute approximate surface area is 254 Å². The van der Waals surface area contributed by atoms with Crippen LogP contribution in [-0.2, 0) is 30.5 Å². The van der Waals surface area contributed by atoms with Gasteiger partial charge in [-0.05, 0) is 24.5 Å². The first kappa shape index (κ1) is 34.3. The van der Waals surface area contributed by atoms with E-state index in [1.54, 1.807) is 23.1 Å². The number of halogens is 1. The number of carboxylic acids is 2. The van der Waals surface area contributed by atoms with Crippen molar-refractivity contribution >= 4 is 23.8 Å². The van der Waals surface area contributed by atoms with Crippen molar-refractivity contribution in [3.63, 3.8) is 0 Å². The number of rotatable bonds is 10. The van der Waals surface area contributed by atoms with Gasteiger partial charge in [-0.15, -0.1) is 5.10 Å². The first-order chi connectivity index (χ1) is 21.0. The number of piperidine rings is 1. The van der Waals surface area contributed by atoms with Crippen LogP contribution in [0, 0.1) is 17.7 Å². The molecule has 2 aliphatic rings. The van der Waals surface area contributed by atoms with Gasteiger partial charge in [0, 0.05) is 58.0 Å². The minimum atomic E-state index is -1.26. The summed E-state index contributed by atoms with van der Waals surface area (Å²) < 4.78 is 26.6. The Balaban J connectivity index is 0.000000583. The summed E-state index contributed by atoms with van der Waals surface area (Å²) in [5, 5.41) is 27.3. The number of carbonyl (C=O) groups excluding carboxylic acids is 2. The van der Waals surface area contributed by atoms with Gasteiger partial charge >= 0.3 is 11.9 Å². The van der Waals surface area contributed by atoms with Crippen LogP contribution >= 0.6 is 0 Å². The van der Waals surface area contributed by atoms with E-state index in [1.165, 1.54) is 17.9 Å². The lowest BCUT2D eigenvalue weighted by Gasteiger charge is -2.40. The van der Waals surface area contributed by atoms with Crippen molar-refractivity contribution in [1.82, 2.24) is 30.1 Å². The summed E-state index contributed by atoms with van der Waals surface area (Å²) in [6, 6.07) is 6.00. The number of hydrogen-bond acceptors (Lipinski definition) is 9. The second kappa shape index (κ2) is 16.6. The summed E-state index contributed by atoms with van der Waals surface area (Å²) in [6.45, 7) is 8.05. The quantitative estimate of drug-likeness (QED) is 0.326. The normalized spacial score (nSPS) is 18.5. The second-order valence-corrected chi connectivity index (χ2v) is 10.7. The Hall–Kier alpha value is -4.21. The van der Waals surface area contributed by atoms with Gasteiger partial charge in [0.25, 0.3) is 5.91 Å². The molecule has 2 amide bonds. The van der Waals surface area contributed by atoms with E-state index in [4.69, 9.17) is 19.7 Å². The average molecular weight is 619 g/mol. The zero-order chi connectivity index (χ0) is 32.2. The third-order valence-corrected chi connectivity index (χ3v) is 6.96. The number of carbonyl (C=O) groups is 4. The maximum atomic E-state index is 14.5. The molecule has 240 valence electrons. The summed E-state index contributed by atoms with van der Waals surface area (Å²) in [5.41, 5.74) is 0.704. The molecular formula is C29H39FN6O8. The molecule has 2 saturated heterocycles. The smallest absolute Gasteiger partial charge is 0.328 e. The maximum absolute atomic E-state index is 14.5. The summed E-state index contributed by atoms with van der Waals surface area (Å²) >= 11 is 0. The third kappa shape index (κ3) is 9.39. The summed E-state index contributed by atoms with van der Waals surface area (Å²) in [5.74, 6) is -3.23. The predicted octanol–water partition coefficient (Wildman–Crippen LogP) is 1.20. The molecule has 0 radical (unpaired) electrons. The van der Waals surface area contributed by atoms with Gasteiger partial charge in [0.05, 0.1) is 25.7 Å². The fourth-order valence-corrected chi connectivity index (χ4v) is 5.01. The lowest BCUT2D eigenvalue weighted by Crippen LogP contribution is -2.56. The maximum Gasteiger partial charge on any atom is 0.328 e. The molecule has 0 unspecified atom stereocenters. The van der Waals surface area contributed by atoms with Crippen LogP contribution in [0.2, 0.25) is 0 Å². The molecular weight excluding hydrogens is 579 g/mol. The largest absolute Gasteiger partial charge is 0.478 e. The third-order valence-electron chi connectivity index (χ3n) is 6.96. The molecule has 0 saturated carbocycles. The van der Waals surface area contributed by atoms with E-state index in [1.807, 2.05) is 18.7 Å². The van der Waals surface area contributed by atoms with Gasteiger partial charge in [0.15, 0.2) is 5.69 Å². The molecule has 2 aliphatic heterocycles. The predicted molar refractivity (Wildman–Crippen MR) is 154 cm³/mol. The van der Waals surface area contributed by atoms with E-state index >= 15 is 0 Å². The van der Waals surface area contributed by atoms with Gasteiger partial charge in [-0.1, -0.05) is 31.2 Å². The average Bonchev–Trinajstić information content (AvgIpc) is 3.42. The van der Waals surface area contributed by atoms with E-state index in [0.29, 0.717) is 70.2 Å². The number of benzene rings is 1. The SMILES string of the molecule is COCc1c(C(=O)N(CC(C)C)[C@@H]2CNC[C@H](C(=O)N3CCOCC3)C2)nnn1-c1ccccc1F.O=C(O)/C=C/C(=O)O. The van der Waals surface area contributed by atoms with Gasteiger partial charge in [-0.2, -0.15) is 0 Å². The van der Waals surface area contributed by atoms with Crippen molar-refractivity contribution in [2.45, 2.75) is 32.9 Å². The number of carboxylic acid groups (broad SMARTS) is 2. The highest BCUT2D eigenvalue weighted by Gasteiger charge is 2.37. The van der Waals surface area contributed by atoms with Crippen molar-refractivity contribution < 1.29 is 43.3 Å². The molecule has 2 atom stereocenters. The molecule has 0 aliphatic carbocycles. The number of ether oxygens (including phenoxy) is 2. The molecule has 44 heavy (non-hydrogen) atoms. The molecule has 3 N–H and O–H groups in total. The zero-order valence-corrected chi connectivity index (χ0v) is 25.0. The van der Waals surface area contributed by atoms with Crippen LogP contribution in [0.15, 0.2) is 36.4 Å². The number of nitrogens with one attached hydrogen (secondary N) is 1. The van der Waals surface area contributed by atoms with E-state index in [-0.39, 0.29) is 47.7 Å². The topological polar surface area (TPSA) is 176 Å². The van der Waals surface area contributed by atoms with Crippen LogP contribution < -0.4 is 5.32 Å². The molecule has 15 heteroatoms. The Morgan fingerprint density at radius 3 is 2.39 bits per heavy atom. The Kier molecular flexibility index (Phi) is 12.9. The molecule has 1 aromatic heterocycles. The number of morpholine rings is 1. The first-order valence-electron chi connectivity index (χ1n) is 14.2. The van der Waals surface area contributed by atoms with E-state index in [0.717, 1.165) is 0 Å².